The van der Waals surface area contributed by atoms with Crippen molar-refractivity contribution in [3.8, 4) is 0 Å². The van der Waals surface area contributed by atoms with Gasteiger partial charge in [0.1, 0.15) is 18.4 Å². The fraction of sp³-hybridized carbons (Fsp3) is 0.350. The molecule has 2 heterocycles. The van der Waals surface area contributed by atoms with E-state index >= 15 is 0 Å². The maximum Gasteiger partial charge on any atom is 0.326 e. The summed E-state index contributed by atoms with van der Waals surface area (Å²) in [6.07, 6.45) is 2.00. The lowest BCUT2D eigenvalue weighted by Gasteiger charge is -2.33. The predicted molar refractivity (Wildman–Crippen MR) is 100 cm³/mol. The van der Waals surface area contributed by atoms with E-state index in [0.717, 1.165) is 12.8 Å². The number of piperidine rings is 1. The van der Waals surface area contributed by atoms with E-state index in [4.69, 9.17) is 9.15 Å². The van der Waals surface area contributed by atoms with Crippen LogP contribution < -0.4 is 5.32 Å². The topological polar surface area (TPSA) is 109 Å². The molecule has 1 atom stereocenters. The molecule has 0 bridgehead atoms. The summed E-state index contributed by atoms with van der Waals surface area (Å²) >= 11 is 0. The van der Waals surface area contributed by atoms with E-state index in [0.29, 0.717) is 30.0 Å². The van der Waals surface area contributed by atoms with Crippen LogP contribution in [0.1, 0.15) is 45.9 Å². The number of carboxylic acid groups (broad SMARTS) is 1. The van der Waals surface area contributed by atoms with Gasteiger partial charge in [-0.05, 0) is 49.6 Å². The molecule has 2 amide bonds. The quantitative estimate of drug-likeness (QED) is 0.790. The molecule has 8 nitrogen and oxygen atoms in total. The van der Waals surface area contributed by atoms with E-state index in [1.165, 1.54) is 18.1 Å². The van der Waals surface area contributed by atoms with Gasteiger partial charge < -0.3 is 24.5 Å². The number of furan rings is 1. The van der Waals surface area contributed by atoms with E-state index < -0.39 is 17.9 Å². The molecule has 0 radical (unpaired) electrons. The van der Waals surface area contributed by atoms with Gasteiger partial charge in [0.15, 0.2) is 5.76 Å². The van der Waals surface area contributed by atoms with Crippen LogP contribution in [0, 0.1) is 0 Å². The van der Waals surface area contributed by atoms with Crippen LogP contribution in [-0.4, -0.2) is 47.5 Å². The number of nitrogens with zero attached hydrogens (tertiary/aromatic N) is 1. The number of aliphatic carboxylic acids is 1. The molecule has 8 heteroatoms. The number of amides is 2. The van der Waals surface area contributed by atoms with E-state index in [9.17, 15) is 19.5 Å². The maximum absolute atomic E-state index is 12.8. The third-order valence-corrected chi connectivity index (χ3v) is 4.59. The Hall–Kier alpha value is -3.13. The molecule has 1 aromatic heterocycles. The van der Waals surface area contributed by atoms with Crippen LogP contribution in [0.2, 0.25) is 0 Å². The van der Waals surface area contributed by atoms with Crippen LogP contribution in [0.25, 0.3) is 0 Å². The highest BCUT2D eigenvalue weighted by atomic mass is 16.5. The van der Waals surface area contributed by atoms with Gasteiger partial charge in [0, 0.05) is 24.9 Å². The molecule has 1 fully saturated rings. The van der Waals surface area contributed by atoms with Crippen molar-refractivity contribution in [2.75, 3.05) is 19.0 Å². The first-order chi connectivity index (χ1) is 13.5. The van der Waals surface area contributed by atoms with Gasteiger partial charge in [-0.1, -0.05) is 6.07 Å². The second kappa shape index (κ2) is 8.71. The largest absolute Gasteiger partial charge is 0.480 e. The molecule has 2 N–H and O–H groups in total. The molecule has 0 aliphatic carbocycles. The lowest BCUT2D eigenvalue weighted by atomic mass is 10.0. The third-order valence-electron chi connectivity index (χ3n) is 4.59. The van der Waals surface area contributed by atoms with Crippen molar-refractivity contribution in [1.82, 2.24) is 4.90 Å². The highest BCUT2D eigenvalue weighted by Crippen LogP contribution is 2.22. The van der Waals surface area contributed by atoms with Gasteiger partial charge in [-0.25, -0.2) is 4.79 Å². The maximum atomic E-state index is 12.8. The van der Waals surface area contributed by atoms with Crippen molar-refractivity contribution in [1.29, 1.82) is 0 Å². The second-order valence-corrected chi connectivity index (χ2v) is 6.58. The molecule has 1 aromatic carbocycles. The van der Waals surface area contributed by atoms with Gasteiger partial charge >= 0.3 is 5.97 Å². The lowest BCUT2D eigenvalue weighted by molar-refractivity contribution is -0.143. The summed E-state index contributed by atoms with van der Waals surface area (Å²) in [7, 11) is 1.53. The van der Waals surface area contributed by atoms with Crippen LogP contribution >= 0.6 is 0 Å². The highest BCUT2D eigenvalue weighted by Gasteiger charge is 2.32. The van der Waals surface area contributed by atoms with Crippen LogP contribution in [-0.2, 0) is 16.1 Å². The van der Waals surface area contributed by atoms with Crippen molar-refractivity contribution in [2.24, 2.45) is 0 Å². The summed E-state index contributed by atoms with van der Waals surface area (Å²) < 4.78 is 10.3. The SMILES string of the molecule is COCc1ccc(C(=O)Nc2cccc(C(=O)N3CCCCC3C(=O)O)c2)o1. The number of likely N-dealkylation sites (tertiary alicyclic amines) is 1. The highest BCUT2D eigenvalue weighted by molar-refractivity contribution is 6.03. The summed E-state index contributed by atoms with van der Waals surface area (Å²) in [6.45, 7) is 0.666. The zero-order valence-corrected chi connectivity index (χ0v) is 15.5. The predicted octanol–water partition coefficient (Wildman–Crippen LogP) is 2.76. The number of benzene rings is 1. The Labute approximate surface area is 162 Å². The van der Waals surface area contributed by atoms with Crippen LogP contribution in [0.4, 0.5) is 5.69 Å². The average molecular weight is 386 g/mol. The molecule has 0 spiro atoms. The normalized spacial score (nSPS) is 16.6. The van der Waals surface area contributed by atoms with Gasteiger partial charge in [-0.2, -0.15) is 0 Å². The van der Waals surface area contributed by atoms with E-state index in [-0.39, 0.29) is 18.3 Å². The Balaban J connectivity index is 1.73. The van der Waals surface area contributed by atoms with Gasteiger partial charge in [0.25, 0.3) is 11.8 Å². The number of nitrogens with one attached hydrogen (secondary N) is 1. The Morgan fingerprint density at radius 1 is 1.25 bits per heavy atom. The minimum absolute atomic E-state index is 0.130. The number of carboxylic acids is 1. The summed E-state index contributed by atoms with van der Waals surface area (Å²) in [5, 5.41) is 12.1. The third kappa shape index (κ3) is 4.40. The first-order valence-corrected chi connectivity index (χ1v) is 9.02. The van der Waals surface area contributed by atoms with Gasteiger partial charge in [-0.3, -0.25) is 9.59 Å². The summed E-state index contributed by atoms with van der Waals surface area (Å²) in [5.41, 5.74) is 0.745. The van der Waals surface area contributed by atoms with E-state index in [1.807, 2.05) is 0 Å². The fourth-order valence-corrected chi connectivity index (χ4v) is 3.24. The summed E-state index contributed by atoms with van der Waals surface area (Å²) in [6, 6.07) is 8.81. The second-order valence-electron chi connectivity index (χ2n) is 6.58. The minimum atomic E-state index is -0.998. The number of anilines is 1. The lowest BCUT2D eigenvalue weighted by Crippen LogP contribution is -2.48. The van der Waals surface area contributed by atoms with Crippen molar-refractivity contribution >= 4 is 23.5 Å². The molecule has 28 heavy (non-hydrogen) atoms. The number of carbonyl (C=O) groups excluding carboxylic acids is 2. The van der Waals surface area contributed by atoms with E-state index in [1.54, 1.807) is 30.3 Å². The summed E-state index contributed by atoms with van der Waals surface area (Å²) in [5.74, 6) is -1.15. The van der Waals surface area contributed by atoms with Gasteiger partial charge in [0.2, 0.25) is 0 Å². The Morgan fingerprint density at radius 3 is 2.82 bits per heavy atom. The molecule has 3 rings (SSSR count). The monoisotopic (exact) mass is 386 g/mol. The van der Waals surface area contributed by atoms with E-state index in [2.05, 4.69) is 5.32 Å². The van der Waals surface area contributed by atoms with Crippen LogP contribution in [0.5, 0.6) is 0 Å². The summed E-state index contributed by atoms with van der Waals surface area (Å²) in [4.78, 5) is 38.0. The molecule has 1 aliphatic heterocycles. The number of rotatable bonds is 6. The number of carbonyl (C=O) groups is 3. The smallest absolute Gasteiger partial charge is 0.326 e. The average Bonchev–Trinajstić information content (AvgIpc) is 3.17. The zero-order chi connectivity index (χ0) is 20.1. The molecule has 0 saturated carbocycles. The molecular formula is C20H22N2O6. The molecule has 1 saturated heterocycles. The van der Waals surface area contributed by atoms with Crippen LogP contribution in [0.15, 0.2) is 40.8 Å². The number of methoxy groups -OCH3 is 1. The molecule has 1 aliphatic rings. The molecular weight excluding hydrogens is 364 g/mol. The number of hydrogen-bond donors (Lipinski definition) is 2. The van der Waals surface area contributed by atoms with Crippen LogP contribution in [0.3, 0.4) is 0 Å². The number of ether oxygens (including phenoxy) is 1. The minimum Gasteiger partial charge on any atom is -0.480 e. The first kappa shape index (κ1) is 19.6. The Kier molecular flexibility index (Phi) is 6.10. The number of hydrogen-bond acceptors (Lipinski definition) is 5. The van der Waals surface area contributed by atoms with Crippen molar-refractivity contribution < 1.29 is 28.6 Å². The molecule has 148 valence electrons. The molecule has 2 aromatic rings. The van der Waals surface area contributed by atoms with Crippen molar-refractivity contribution in [3.05, 3.63) is 53.5 Å². The zero-order valence-electron chi connectivity index (χ0n) is 15.5. The Morgan fingerprint density at radius 2 is 2.07 bits per heavy atom. The van der Waals surface area contributed by atoms with Crippen molar-refractivity contribution in [2.45, 2.75) is 31.9 Å². The fourth-order valence-electron chi connectivity index (χ4n) is 3.24. The van der Waals surface area contributed by atoms with Gasteiger partial charge in [0.05, 0.1) is 0 Å². The first-order valence-electron chi connectivity index (χ1n) is 9.02. The Bertz CT molecular complexity index is 875. The molecule has 1 unspecified atom stereocenters. The van der Waals surface area contributed by atoms with Crippen molar-refractivity contribution in [3.63, 3.8) is 0 Å². The van der Waals surface area contributed by atoms with Gasteiger partial charge in [-0.15, -0.1) is 0 Å². The standard InChI is InChI=1S/C20H22N2O6/c1-27-12-15-8-9-17(28-15)18(23)21-14-6-4-5-13(11-14)19(24)22-10-3-2-7-16(22)20(25)26/h4-6,8-9,11,16H,2-3,7,10,12H2,1H3,(H,21,23)(H,25,26).